The summed E-state index contributed by atoms with van der Waals surface area (Å²) in [6.07, 6.45) is 0.730. The van der Waals surface area contributed by atoms with Gasteiger partial charge in [-0.3, -0.25) is 9.59 Å². The summed E-state index contributed by atoms with van der Waals surface area (Å²) in [5.41, 5.74) is 2.58. The van der Waals surface area contributed by atoms with E-state index in [4.69, 9.17) is 9.47 Å². The average molecular weight is 598 g/mol. The number of amides is 2. The van der Waals surface area contributed by atoms with Gasteiger partial charge in [-0.25, -0.2) is 4.39 Å². The third kappa shape index (κ3) is 6.96. The van der Waals surface area contributed by atoms with Crippen molar-refractivity contribution < 1.29 is 23.5 Å². The molecule has 228 valence electrons. The zero-order chi connectivity index (χ0) is 31.1. The Hall–Kier alpha value is -4.99. The molecule has 0 N–H and O–H groups in total. The number of halogens is 1. The topological polar surface area (TPSA) is 88.1 Å². The second-order valence-electron chi connectivity index (χ2n) is 10.6. The number of rotatable bonds is 9. The van der Waals surface area contributed by atoms with E-state index in [1.54, 1.807) is 31.3 Å². The lowest BCUT2D eigenvalue weighted by molar-refractivity contribution is -0.132. The van der Waals surface area contributed by atoms with Crippen LogP contribution in [0.5, 0.6) is 11.5 Å². The highest BCUT2D eigenvalue weighted by Crippen LogP contribution is 2.32. The fraction of sp³-hybridized carbons (Fsp3) is 0.294. The third-order valence-corrected chi connectivity index (χ3v) is 7.90. The molecule has 0 radical (unpaired) electrons. The Morgan fingerprint density at radius 3 is 2.41 bits per heavy atom. The monoisotopic (exact) mass is 597 g/mol. The van der Waals surface area contributed by atoms with Gasteiger partial charge >= 0.3 is 0 Å². The normalized spacial score (nSPS) is 14.0. The number of hydrogen-bond donors (Lipinski definition) is 0. The molecule has 10 heteroatoms. The lowest BCUT2D eigenvalue weighted by Gasteiger charge is -2.32. The van der Waals surface area contributed by atoms with Crippen molar-refractivity contribution in [3.8, 4) is 22.8 Å². The largest absolute Gasteiger partial charge is 0.497 e. The van der Waals surface area contributed by atoms with Gasteiger partial charge in [0.05, 0.1) is 26.0 Å². The Labute approximate surface area is 256 Å². The maximum Gasteiger partial charge on any atom is 0.254 e. The van der Waals surface area contributed by atoms with Crippen molar-refractivity contribution in [3.05, 3.63) is 102 Å². The van der Waals surface area contributed by atoms with Crippen LogP contribution in [0.3, 0.4) is 0 Å². The fourth-order valence-electron chi connectivity index (χ4n) is 5.37. The van der Waals surface area contributed by atoms with E-state index in [9.17, 15) is 14.0 Å². The summed E-state index contributed by atoms with van der Waals surface area (Å²) in [5, 5.41) is 8.93. The molecule has 2 amide bonds. The molecule has 1 saturated heterocycles. The number of anilines is 1. The molecule has 1 fully saturated rings. The van der Waals surface area contributed by atoms with E-state index in [2.05, 4.69) is 15.1 Å². The second kappa shape index (κ2) is 14.0. The van der Waals surface area contributed by atoms with Crippen LogP contribution in [0, 0.1) is 5.82 Å². The number of carbonyl (C=O) groups is 2. The lowest BCUT2D eigenvalue weighted by Crippen LogP contribution is -2.45. The summed E-state index contributed by atoms with van der Waals surface area (Å²) < 4.78 is 24.8. The molecule has 1 unspecified atom stereocenters. The number of aromatic nitrogens is 2. The first-order valence-corrected chi connectivity index (χ1v) is 14.6. The summed E-state index contributed by atoms with van der Waals surface area (Å²) in [6, 6.07) is 24.1. The number of carbonyl (C=O) groups excluding carboxylic acids is 2. The molecule has 4 aromatic rings. The molecule has 44 heavy (non-hydrogen) atoms. The number of ether oxygens (including phenoxy) is 2. The first-order valence-electron chi connectivity index (χ1n) is 14.6. The van der Waals surface area contributed by atoms with E-state index < -0.39 is 17.8 Å². The number of methoxy groups -OCH3 is 2. The van der Waals surface area contributed by atoms with Crippen molar-refractivity contribution in [2.45, 2.75) is 19.4 Å². The van der Waals surface area contributed by atoms with Gasteiger partial charge in [-0.2, -0.15) is 0 Å². The Bertz CT molecular complexity index is 1580. The second-order valence-corrected chi connectivity index (χ2v) is 10.6. The van der Waals surface area contributed by atoms with Crippen LogP contribution in [-0.4, -0.2) is 78.8 Å². The van der Waals surface area contributed by atoms with E-state index >= 15 is 0 Å². The highest BCUT2D eigenvalue weighted by Gasteiger charge is 2.28. The van der Waals surface area contributed by atoms with E-state index in [1.165, 1.54) is 23.1 Å². The molecule has 0 spiro atoms. The van der Waals surface area contributed by atoms with Crippen LogP contribution in [0.4, 0.5) is 10.2 Å². The first kappa shape index (κ1) is 30.5. The molecule has 1 aromatic heterocycles. The van der Waals surface area contributed by atoms with Crippen LogP contribution < -0.4 is 14.4 Å². The molecule has 3 aromatic carbocycles. The van der Waals surface area contributed by atoms with Crippen molar-refractivity contribution in [1.29, 1.82) is 0 Å². The minimum Gasteiger partial charge on any atom is -0.497 e. The van der Waals surface area contributed by atoms with Crippen molar-refractivity contribution in [2.24, 2.45) is 0 Å². The van der Waals surface area contributed by atoms with Crippen molar-refractivity contribution in [3.63, 3.8) is 0 Å². The smallest absolute Gasteiger partial charge is 0.254 e. The van der Waals surface area contributed by atoms with Crippen molar-refractivity contribution in [2.75, 3.05) is 51.8 Å². The molecule has 9 nitrogen and oxygen atoms in total. The molecule has 1 atom stereocenters. The third-order valence-electron chi connectivity index (χ3n) is 7.90. The van der Waals surface area contributed by atoms with Gasteiger partial charge in [0.25, 0.3) is 5.91 Å². The maximum absolute atomic E-state index is 14.0. The number of nitrogens with zero attached hydrogens (tertiary/aromatic N) is 5. The van der Waals surface area contributed by atoms with Gasteiger partial charge in [-0.1, -0.05) is 36.4 Å². The van der Waals surface area contributed by atoms with Gasteiger partial charge in [0.1, 0.15) is 23.9 Å². The van der Waals surface area contributed by atoms with Crippen LogP contribution in [0.1, 0.15) is 35.3 Å². The molecule has 1 aliphatic rings. The van der Waals surface area contributed by atoms with Gasteiger partial charge in [0.15, 0.2) is 5.82 Å². The number of benzene rings is 3. The van der Waals surface area contributed by atoms with Gasteiger partial charge in [-0.05, 0) is 61.4 Å². The summed E-state index contributed by atoms with van der Waals surface area (Å²) in [6.45, 7) is 4.05. The Balaban J connectivity index is 1.28. The standard InChI is InChI=1S/C34H36FN5O4/c1-24(25-9-5-4-6-10-25)40(34(42)26-11-7-12-27(35)21-26)23-33(41)39-18-8-17-38(19-20-39)32-16-15-30(36-37-32)29-14-13-28(43-2)22-31(29)44-3/h4-7,9-16,21-22,24H,8,17-20,23H2,1-3H3. The van der Waals surface area contributed by atoms with Crippen LogP contribution in [0.15, 0.2) is 84.9 Å². The maximum atomic E-state index is 14.0. The van der Waals surface area contributed by atoms with Gasteiger partial charge in [-0.15, -0.1) is 10.2 Å². The van der Waals surface area contributed by atoms with E-state index in [-0.39, 0.29) is 18.0 Å². The highest BCUT2D eigenvalue weighted by atomic mass is 19.1. The average Bonchev–Trinajstić information content (AvgIpc) is 3.33. The molecule has 0 saturated carbocycles. The summed E-state index contributed by atoms with van der Waals surface area (Å²) in [4.78, 5) is 32.6. The Morgan fingerprint density at radius 1 is 0.886 bits per heavy atom. The molecule has 0 aliphatic carbocycles. The number of hydrogen-bond acceptors (Lipinski definition) is 7. The van der Waals surface area contributed by atoms with Crippen molar-refractivity contribution >= 4 is 17.6 Å². The summed E-state index contributed by atoms with van der Waals surface area (Å²) in [5.74, 6) is 0.996. The lowest BCUT2D eigenvalue weighted by atomic mass is 10.1. The first-order chi connectivity index (χ1) is 21.4. The van der Waals surface area contributed by atoms with E-state index in [0.717, 1.165) is 23.4 Å². The molecule has 2 heterocycles. The zero-order valence-electron chi connectivity index (χ0n) is 25.1. The van der Waals surface area contributed by atoms with E-state index in [0.29, 0.717) is 43.4 Å². The zero-order valence-corrected chi connectivity index (χ0v) is 25.1. The minimum atomic E-state index is -0.499. The van der Waals surface area contributed by atoms with Gasteiger partial charge in [0.2, 0.25) is 5.91 Å². The fourth-order valence-corrected chi connectivity index (χ4v) is 5.37. The quantitative estimate of drug-likeness (QED) is 0.261. The minimum absolute atomic E-state index is 0.121. The highest BCUT2D eigenvalue weighted by molar-refractivity contribution is 5.96. The Morgan fingerprint density at radius 2 is 1.70 bits per heavy atom. The predicted octanol–water partition coefficient (Wildman–Crippen LogP) is 5.24. The van der Waals surface area contributed by atoms with Crippen LogP contribution >= 0.6 is 0 Å². The molecule has 1 aliphatic heterocycles. The SMILES string of the molecule is COc1ccc(-c2ccc(N3CCCN(C(=O)CN(C(=O)c4cccc(F)c4)C(C)c4ccccc4)CC3)nn2)c(OC)c1. The molecule has 0 bridgehead atoms. The molecular weight excluding hydrogens is 561 g/mol. The van der Waals surface area contributed by atoms with Crippen LogP contribution in [-0.2, 0) is 4.79 Å². The van der Waals surface area contributed by atoms with Crippen molar-refractivity contribution in [1.82, 2.24) is 20.0 Å². The predicted molar refractivity (Wildman–Crippen MR) is 166 cm³/mol. The summed E-state index contributed by atoms with van der Waals surface area (Å²) in [7, 11) is 3.20. The van der Waals surface area contributed by atoms with E-state index in [1.807, 2.05) is 61.5 Å². The van der Waals surface area contributed by atoms with Gasteiger partial charge in [0, 0.05) is 43.4 Å². The molecular formula is C34H36FN5O4. The Kier molecular flexibility index (Phi) is 9.69. The van der Waals surface area contributed by atoms with Gasteiger partial charge < -0.3 is 24.2 Å². The van der Waals surface area contributed by atoms with Crippen LogP contribution in [0.2, 0.25) is 0 Å². The summed E-state index contributed by atoms with van der Waals surface area (Å²) >= 11 is 0. The molecule has 5 rings (SSSR count). The van der Waals surface area contributed by atoms with Crippen LogP contribution in [0.25, 0.3) is 11.3 Å².